The molecule has 0 bridgehead atoms. The number of hydrogen-bond acceptors (Lipinski definition) is 2. The summed E-state index contributed by atoms with van der Waals surface area (Å²) in [7, 11) is 0. The predicted octanol–water partition coefficient (Wildman–Crippen LogP) is 18.7. The quantitative estimate of drug-likeness (QED) is 0.140. The third-order valence-corrected chi connectivity index (χ3v) is 13.7. The number of para-hydroxylation sites is 2. The molecule has 0 saturated carbocycles. The van der Waals surface area contributed by atoms with Gasteiger partial charge in [0.2, 0.25) is 0 Å². The lowest BCUT2D eigenvalue weighted by Gasteiger charge is -2.32. The molecule has 0 unspecified atom stereocenters. The Hall–Kier alpha value is -7.94. The van der Waals surface area contributed by atoms with Crippen molar-refractivity contribution in [2.75, 3.05) is 9.80 Å². The molecule has 11 aromatic carbocycles. The molecule has 11 aromatic rings. The molecule has 0 heterocycles. The molecule has 0 aromatic heterocycles. The normalized spacial score (nSPS) is 11.5. The average Bonchev–Trinajstić information content (AvgIpc) is 3.33. The van der Waals surface area contributed by atoms with Gasteiger partial charge in [-0.2, -0.15) is 0 Å². The van der Waals surface area contributed by atoms with Crippen LogP contribution in [0.1, 0.15) is 38.9 Å². The first-order valence-corrected chi connectivity index (χ1v) is 23.5. The molecule has 11 rings (SSSR count). The lowest BCUT2D eigenvalue weighted by molar-refractivity contribution is 1.22. The molecule has 0 N–H and O–H groups in total. The van der Waals surface area contributed by atoms with Gasteiger partial charge < -0.3 is 9.80 Å². The summed E-state index contributed by atoms with van der Waals surface area (Å²) in [6.45, 7) is 15.6. The highest BCUT2D eigenvalue weighted by Crippen LogP contribution is 2.52. The smallest absolute Gasteiger partial charge is 0.0619 e. The molecule has 0 fully saturated rings. The van der Waals surface area contributed by atoms with Crippen molar-refractivity contribution in [3.8, 4) is 22.3 Å². The van der Waals surface area contributed by atoms with Crippen LogP contribution in [0.5, 0.6) is 0 Å². The Bertz CT molecular complexity index is 3310. The molecule has 0 spiro atoms. The summed E-state index contributed by atoms with van der Waals surface area (Å²) in [5.74, 6) is 0. The number of fused-ring (bicyclic) bond motifs is 4. The van der Waals surface area contributed by atoms with E-state index in [1.165, 1.54) is 127 Å². The fourth-order valence-corrected chi connectivity index (χ4v) is 11.3. The van der Waals surface area contributed by atoms with Gasteiger partial charge in [0.25, 0.3) is 0 Å². The van der Waals surface area contributed by atoms with Crippen LogP contribution in [-0.4, -0.2) is 0 Å². The van der Waals surface area contributed by atoms with Gasteiger partial charge in [0.15, 0.2) is 0 Å². The van der Waals surface area contributed by atoms with Crippen LogP contribution >= 0.6 is 0 Å². The zero-order chi connectivity index (χ0) is 45.9. The Balaban J connectivity index is 1.20. The summed E-state index contributed by atoms with van der Waals surface area (Å²) in [5, 5.41) is 9.76. The minimum Gasteiger partial charge on any atom is -0.309 e. The van der Waals surface area contributed by atoms with Gasteiger partial charge in [-0.25, -0.2) is 0 Å². The molecule has 0 aliphatic carbocycles. The van der Waals surface area contributed by atoms with Crippen LogP contribution in [0.2, 0.25) is 0 Å². The molecule has 0 atom stereocenters. The van der Waals surface area contributed by atoms with Gasteiger partial charge in [-0.05, 0) is 150 Å². The molecule has 0 aliphatic rings. The molecule has 0 radical (unpaired) electrons. The molecule has 0 aliphatic heterocycles. The van der Waals surface area contributed by atoms with Crippen LogP contribution in [0.15, 0.2) is 200 Å². The summed E-state index contributed by atoms with van der Waals surface area (Å²) < 4.78 is 0. The molecule has 0 saturated heterocycles. The van der Waals surface area contributed by atoms with Crippen molar-refractivity contribution in [2.24, 2.45) is 0 Å². The van der Waals surface area contributed by atoms with E-state index in [-0.39, 0.29) is 0 Å². The maximum atomic E-state index is 2.51. The van der Waals surface area contributed by atoms with E-state index in [1.807, 2.05) is 0 Å². The van der Waals surface area contributed by atoms with Crippen LogP contribution < -0.4 is 9.80 Å². The van der Waals surface area contributed by atoms with E-state index in [2.05, 4.69) is 258 Å². The van der Waals surface area contributed by atoms with Crippen molar-refractivity contribution in [3.63, 3.8) is 0 Å². The summed E-state index contributed by atoms with van der Waals surface area (Å²) in [6.07, 6.45) is 0. The van der Waals surface area contributed by atoms with E-state index < -0.39 is 0 Å². The molecule has 324 valence electrons. The Morgan fingerprint density at radius 1 is 0.239 bits per heavy atom. The van der Waals surface area contributed by atoms with Crippen molar-refractivity contribution in [2.45, 2.75) is 48.5 Å². The van der Waals surface area contributed by atoms with E-state index in [0.717, 1.165) is 11.4 Å². The van der Waals surface area contributed by atoms with Crippen LogP contribution in [0, 0.1) is 48.5 Å². The van der Waals surface area contributed by atoms with Gasteiger partial charge in [0, 0.05) is 32.9 Å². The SMILES string of the molecule is Cc1cc(-c2c3ccccc3c(N(c3ccccc3)c3c(C)cc(C)cc3C)c3ccccc23)cc(-c2c3ccccc3c(N(c3ccccc3)c3c(C)cc(C)cc3C)c3ccccc23)c1. The van der Waals surface area contributed by atoms with E-state index in [9.17, 15) is 0 Å². The first kappa shape index (κ1) is 41.7. The van der Waals surface area contributed by atoms with Crippen molar-refractivity contribution >= 4 is 77.2 Å². The van der Waals surface area contributed by atoms with Crippen LogP contribution in [0.4, 0.5) is 34.1 Å². The first-order chi connectivity index (χ1) is 32.7. The van der Waals surface area contributed by atoms with Crippen LogP contribution in [0.25, 0.3) is 65.3 Å². The number of nitrogens with zero attached hydrogens (tertiary/aromatic N) is 2. The Kier molecular flexibility index (Phi) is 10.5. The third kappa shape index (κ3) is 7.12. The first-order valence-electron chi connectivity index (χ1n) is 23.5. The van der Waals surface area contributed by atoms with Gasteiger partial charge in [-0.15, -0.1) is 0 Å². The summed E-state index contributed by atoms with van der Waals surface area (Å²) in [5.41, 5.74) is 20.8. The van der Waals surface area contributed by atoms with Crippen molar-refractivity contribution < 1.29 is 0 Å². The second kappa shape index (κ2) is 16.8. The topological polar surface area (TPSA) is 6.48 Å². The van der Waals surface area contributed by atoms with Crippen LogP contribution in [0.3, 0.4) is 0 Å². The second-order valence-electron chi connectivity index (χ2n) is 18.6. The second-order valence-corrected chi connectivity index (χ2v) is 18.6. The lowest BCUT2D eigenvalue weighted by atomic mass is 9.85. The highest BCUT2D eigenvalue weighted by molar-refractivity contribution is 6.25. The number of anilines is 6. The monoisotopic (exact) mass is 862 g/mol. The minimum atomic E-state index is 1.14. The molecule has 67 heavy (non-hydrogen) atoms. The average molecular weight is 863 g/mol. The Morgan fingerprint density at radius 3 is 0.791 bits per heavy atom. The number of benzene rings is 11. The van der Waals surface area contributed by atoms with Crippen molar-refractivity contribution in [1.82, 2.24) is 0 Å². The van der Waals surface area contributed by atoms with E-state index in [4.69, 9.17) is 0 Å². The molecular formula is C65H54N2. The zero-order valence-corrected chi connectivity index (χ0v) is 39.4. The lowest BCUT2D eigenvalue weighted by Crippen LogP contribution is -2.14. The fraction of sp³-hybridized carbons (Fsp3) is 0.108. The maximum absolute atomic E-state index is 2.51. The molecule has 2 nitrogen and oxygen atoms in total. The van der Waals surface area contributed by atoms with Gasteiger partial charge in [0.1, 0.15) is 0 Å². The van der Waals surface area contributed by atoms with Gasteiger partial charge in [-0.1, -0.05) is 181 Å². The predicted molar refractivity (Wildman–Crippen MR) is 290 cm³/mol. The zero-order valence-electron chi connectivity index (χ0n) is 39.4. The van der Waals surface area contributed by atoms with Gasteiger partial charge in [0.05, 0.1) is 22.7 Å². The Morgan fingerprint density at radius 2 is 0.493 bits per heavy atom. The Labute approximate surface area is 395 Å². The third-order valence-electron chi connectivity index (χ3n) is 13.7. The van der Waals surface area contributed by atoms with Crippen molar-refractivity contribution in [1.29, 1.82) is 0 Å². The molecular weight excluding hydrogens is 809 g/mol. The maximum Gasteiger partial charge on any atom is 0.0619 e. The number of hydrogen-bond donors (Lipinski definition) is 0. The molecule has 2 heteroatoms. The number of aryl methyl sites for hydroxylation is 7. The van der Waals surface area contributed by atoms with Crippen molar-refractivity contribution in [3.05, 3.63) is 239 Å². The van der Waals surface area contributed by atoms with Gasteiger partial charge >= 0.3 is 0 Å². The van der Waals surface area contributed by atoms with E-state index in [1.54, 1.807) is 0 Å². The highest BCUT2D eigenvalue weighted by atomic mass is 15.2. The molecule has 0 amide bonds. The summed E-state index contributed by atoms with van der Waals surface area (Å²) >= 11 is 0. The van der Waals surface area contributed by atoms with Crippen LogP contribution in [-0.2, 0) is 0 Å². The van der Waals surface area contributed by atoms with E-state index in [0.29, 0.717) is 0 Å². The van der Waals surface area contributed by atoms with E-state index >= 15 is 0 Å². The fourth-order valence-electron chi connectivity index (χ4n) is 11.3. The highest BCUT2D eigenvalue weighted by Gasteiger charge is 2.27. The minimum absolute atomic E-state index is 1.14. The van der Waals surface area contributed by atoms with Gasteiger partial charge in [-0.3, -0.25) is 0 Å². The summed E-state index contributed by atoms with van der Waals surface area (Å²) in [6, 6.07) is 74.5. The summed E-state index contributed by atoms with van der Waals surface area (Å²) in [4.78, 5) is 5.02. The largest absolute Gasteiger partial charge is 0.309 e. The number of rotatable bonds is 8. The standard InChI is InChI=1S/C65H54N2/c1-41-34-44(4)62(45(5)35-41)66(50-22-10-8-11-23-50)64-56-30-18-14-26-52(56)60(53-27-15-19-31-57(53)64)48-38-43(3)39-49(40-48)61-54-28-16-20-32-58(54)65(59-33-21-17-29-55(59)61)67(51-24-12-9-13-25-51)63-46(6)36-42(2)37-47(63)7/h8-40H,1-7H3.